The molecule has 2 bridgehead atoms. The molecule has 3 aliphatic heterocycles. The molecule has 31 heavy (non-hydrogen) atoms. The van der Waals surface area contributed by atoms with Crippen molar-refractivity contribution in [2.75, 3.05) is 26.2 Å². The largest absolute Gasteiger partial charge is 0.508 e. The van der Waals surface area contributed by atoms with E-state index < -0.39 is 5.41 Å². The lowest BCUT2D eigenvalue weighted by atomic mass is 9.51. The van der Waals surface area contributed by atoms with Gasteiger partial charge < -0.3 is 20.2 Å². The maximum Gasteiger partial charge on any atom is 0.320 e. The lowest BCUT2D eigenvalue weighted by Crippen LogP contribution is -2.67. The van der Waals surface area contributed by atoms with Gasteiger partial charge in [0.25, 0.3) is 0 Å². The van der Waals surface area contributed by atoms with Gasteiger partial charge in [0, 0.05) is 37.6 Å². The summed E-state index contributed by atoms with van der Waals surface area (Å²) in [4.78, 5) is 30.5. The Morgan fingerprint density at radius 3 is 2.68 bits per heavy atom. The van der Waals surface area contributed by atoms with Crippen LogP contribution >= 0.6 is 0 Å². The minimum atomic E-state index is -0.413. The fourth-order valence-corrected chi connectivity index (χ4v) is 6.95. The summed E-state index contributed by atoms with van der Waals surface area (Å²) < 4.78 is 0. The quantitative estimate of drug-likeness (QED) is 0.669. The van der Waals surface area contributed by atoms with Crippen LogP contribution in [-0.2, 0) is 16.6 Å². The van der Waals surface area contributed by atoms with Crippen LogP contribution in [0.1, 0.15) is 64.0 Å². The topological polar surface area (TPSA) is 72.9 Å². The number of hydrogen-bond acceptors (Lipinski definition) is 3. The van der Waals surface area contributed by atoms with Crippen LogP contribution < -0.4 is 5.32 Å². The lowest BCUT2D eigenvalue weighted by Gasteiger charge is -2.61. The van der Waals surface area contributed by atoms with Crippen LogP contribution in [0.15, 0.2) is 18.2 Å². The summed E-state index contributed by atoms with van der Waals surface area (Å²) in [5, 5.41) is 13.6. The molecule has 1 spiro atoms. The fourth-order valence-electron chi connectivity index (χ4n) is 6.95. The van der Waals surface area contributed by atoms with E-state index in [2.05, 4.69) is 37.1 Å². The first-order chi connectivity index (χ1) is 14.7. The van der Waals surface area contributed by atoms with E-state index in [0.29, 0.717) is 25.3 Å². The fraction of sp³-hybridized carbons (Fsp3) is 0.680. The van der Waals surface area contributed by atoms with Crippen LogP contribution in [0, 0.1) is 10.8 Å². The number of nitrogens with zero attached hydrogens (tertiary/aromatic N) is 2. The lowest BCUT2D eigenvalue weighted by molar-refractivity contribution is -0.136. The molecule has 0 radical (unpaired) electrons. The van der Waals surface area contributed by atoms with Crippen LogP contribution in [-0.4, -0.2) is 59.1 Å². The minimum absolute atomic E-state index is 0.0256. The molecular formula is C25H35N3O3. The molecular weight excluding hydrogens is 390 g/mol. The maximum atomic E-state index is 13.8. The first kappa shape index (κ1) is 20.7. The smallest absolute Gasteiger partial charge is 0.320 e. The standard InChI is InChI=1S/C25H35N3O3/c1-23(2)20-15-17-18(7-4-8-19(17)29)24(23,3)11-14-28(20)22(31)27-13-6-10-25(16-27)9-5-12-26-21(25)30/h4,7-8,20,29H,5-6,9-16H2,1-3H3,(H,26,30)/t20-,24+,25?/m1/s1. The molecule has 1 unspecified atom stereocenters. The van der Waals surface area contributed by atoms with Gasteiger partial charge in [-0.05, 0) is 61.1 Å². The molecule has 3 saturated heterocycles. The van der Waals surface area contributed by atoms with E-state index in [1.54, 1.807) is 6.07 Å². The number of phenols is 1. The number of nitrogens with one attached hydrogen (secondary N) is 1. The highest BCUT2D eigenvalue weighted by Crippen LogP contribution is 2.57. The Labute approximate surface area is 185 Å². The average molecular weight is 426 g/mol. The number of carbonyl (C=O) groups is 2. The molecule has 5 rings (SSSR count). The van der Waals surface area contributed by atoms with Crippen LogP contribution in [0.25, 0.3) is 0 Å². The molecule has 6 heteroatoms. The summed E-state index contributed by atoms with van der Waals surface area (Å²) in [5.41, 5.74) is 1.61. The number of fused-ring (bicyclic) bond motifs is 4. The highest BCUT2D eigenvalue weighted by atomic mass is 16.3. The average Bonchev–Trinajstić information content (AvgIpc) is 2.73. The molecule has 0 saturated carbocycles. The summed E-state index contributed by atoms with van der Waals surface area (Å²) in [6, 6.07) is 5.95. The predicted octanol–water partition coefficient (Wildman–Crippen LogP) is 3.42. The molecule has 4 aliphatic rings. The normalized spacial score (nSPS) is 34.3. The van der Waals surface area contributed by atoms with E-state index in [0.717, 1.165) is 50.8 Å². The molecule has 3 fully saturated rings. The number of rotatable bonds is 0. The first-order valence-electron chi connectivity index (χ1n) is 11.8. The second-order valence-corrected chi connectivity index (χ2v) is 11.0. The molecule has 3 heterocycles. The van der Waals surface area contributed by atoms with Crippen molar-refractivity contribution in [3.63, 3.8) is 0 Å². The number of carbonyl (C=O) groups excluding carboxylic acids is 2. The van der Waals surface area contributed by atoms with Crippen molar-refractivity contribution >= 4 is 11.9 Å². The molecule has 1 aliphatic carbocycles. The number of urea groups is 1. The third kappa shape index (κ3) is 2.82. The van der Waals surface area contributed by atoms with Crippen molar-refractivity contribution in [3.05, 3.63) is 29.3 Å². The van der Waals surface area contributed by atoms with Gasteiger partial charge in [0.2, 0.25) is 5.91 Å². The van der Waals surface area contributed by atoms with Gasteiger partial charge in [0.05, 0.1) is 5.41 Å². The zero-order valence-corrected chi connectivity index (χ0v) is 19.0. The van der Waals surface area contributed by atoms with E-state index in [4.69, 9.17) is 0 Å². The van der Waals surface area contributed by atoms with Crippen molar-refractivity contribution in [2.45, 2.75) is 70.8 Å². The Hall–Kier alpha value is -2.24. The third-order valence-electron chi connectivity index (χ3n) is 9.32. The van der Waals surface area contributed by atoms with Crippen LogP contribution in [0.4, 0.5) is 4.79 Å². The van der Waals surface area contributed by atoms with E-state index in [1.807, 2.05) is 11.0 Å². The third-order valence-corrected chi connectivity index (χ3v) is 9.32. The molecule has 168 valence electrons. The molecule has 2 N–H and O–H groups in total. The van der Waals surface area contributed by atoms with E-state index in [9.17, 15) is 14.7 Å². The summed E-state index contributed by atoms with van der Waals surface area (Å²) in [6.07, 6.45) is 5.16. The van der Waals surface area contributed by atoms with Crippen molar-refractivity contribution in [1.29, 1.82) is 0 Å². The second-order valence-electron chi connectivity index (χ2n) is 11.0. The van der Waals surface area contributed by atoms with Gasteiger partial charge in [-0.2, -0.15) is 0 Å². The number of likely N-dealkylation sites (tertiary alicyclic amines) is 2. The summed E-state index contributed by atoms with van der Waals surface area (Å²) >= 11 is 0. The number of benzene rings is 1. The monoisotopic (exact) mass is 425 g/mol. The zero-order valence-electron chi connectivity index (χ0n) is 19.0. The maximum absolute atomic E-state index is 13.8. The van der Waals surface area contributed by atoms with Crippen LogP contribution in [0.3, 0.4) is 0 Å². The molecule has 3 amide bonds. The number of phenolic OH excluding ortho intramolecular Hbond substituents is 1. The van der Waals surface area contributed by atoms with Crippen molar-refractivity contribution in [1.82, 2.24) is 15.1 Å². The number of piperidine rings is 3. The number of aromatic hydroxyl groups is 1. The van der Waals surface area contributed by atoms with E-state index in [-0.39, 0.29) is 28.8 Å². The van der Waals surface area contributed by atoms with Crippen molar-refractivity contribution in [3.8, 4) is 5.75 Å². The number of amides is 3. The summed E-state index contributed by atoms with van der Waals surface area (Å²) in [6.45, 7) is 9.55. The molecule has 6 nitrogen and oxygen atoms in total. The van der Waals surface area contributed by atoms with Gasteiger partial charge in [-0.15, -0.1) is 0 Å². The number of hydrogen-bond donors (Lipinski definition) is 2. The van der Waals surface area contributed by atoms with Gasteiger partial charge in [-0.1, -0.05) is 32.9 Å². The Morgan fingerprint density at radius 1 is 1.13 bits per heavy atom. The minimum Gasteiger partial charge on any atom is -0.508 e. The molecule has 3 atom stereocenters. The molecule has 1 aromatic carbocycles. The highest BCUT2D eigenvalue weighted by molar-refractivity contribution is 5.85. The predicted molar refractivity (Wildman–Crippen MR) is 119 cm³/mol. The molecule has 1 aromatic rings. The van der Waals surface area contributed by atoms with E-state index >= 15 is 0 Å². The van der Waals surface area contributed by atoms with Gasteiger partial charge >= 0.3 is 6.03 Å². The SMILES string of the molecule is CC1(C)[C@H]2Cc3c(O)cccc3[C@]1(C)CCN2C(=O)N1CCCC2(CCCNC2=O)C1. The van der Waals surface area contributed by atoms with Crippen molar-refractivity contribution < 1.29 is 14.7 Å². The second kappa shape index (κ2) is 6.88. The van der Waals surface area contributed by atoms with Gasteiger partial charge in [0.15, 0.2) is 0 Å². The van der Waals surface area contributed by atoms with Gasteiger partial charge in [0.1, 0.15) is 5.75 Å². The van der Waals surface area contributed by atoms with E-state index in [1.165, 1.54) is 5.56 Å². The van der Waals surface area contributed by atoms with Gasteiger partial charge in [-0.3, -0.25) is 4.79 Å². The highest BCUT2D eigenvalue weighted by Gasteiger charge is 2.58. The first-order valence-corrected chi connectivity index (χ1v) is 11.8. The Bertz CT molecular complexity index is 925. The Morgan fingerprint density at radius 2 is 1.90 bits per heavy atom. The van der Waals surface area contributed by atoms with Gasteiger partial charge in [-0.25, -0.2) is 4.79 Å². The van der Waals surface area contributed by atoms with Crippen LogP contribution in [0.5, 0.6) is 5.75 Å². The Balaban J connectivity index is 1.45. The molecule has 0 aromatic heterocycles. The zero-order chi connectivity index (χ0) is 22.0. The summed E-state index contributed by atoms with van der Waals surface area (Å²) in [7, 11) is 0. The van der Waals surface area contributed by atoms with Crippen LogP contribution in [0.2, 0.25) is 0 Å². The van der Waals surface area contributed by atoms with Crippen molar-refractivity contribution in [2.24, 2.45) is 10.8 Å². The summed E-state index contributed by atoms with van der Waals surface area (Å²) in [5.74, 6) is 0.466. The Kier molecular flexibility index (Phi) is 4.58.